The minimum Gasteiger partial charge on any atom is -0.508 e. The molecule has 2 rings (SSSR count). The lowest BCUT2D eigenvalue weighted by atomic mass is 9.96. The summed E-state index contributed by atoms with van der Waals surface area (Å²) >= 11 is 0. The van der Waals surface area contributed by atoms with Crippen LogP contribution in [0.15, 0.2) is 35.2 Å². The number of hydrogen-bond donors (Lipinski definition) is 1. The zero-order valence-corrected chi connectivity index (χ0v) is 14.8. The summed E-state index contributed by atoms with van der Waals surface area (Å²) < 4.78 is 0. The van der Waals surface area contributed by atoms with Crippen LogP contribution in [0.5, 0.6) is 5.75 Å². The molecule has 21 heavy (non-hydrogen) atoms. The molecule has 0 fully saturated rings. The average molecular weight is 303 g/mol. The van der Waals surface area contributed by atoms with Crippen molar-refractivity contribution >= 4 is 21.7 Å². The van der Waals surface area contributed by atoms with E-state index in [1.165, 1.54) is 21.2 Å². The standard InChI is InChI=1S/C19H26OS/c1-12(2)16-9-10-19(21(13(3)4)14(5)6)18-11-15(20)7-8-17(16)18/h7-14H,1-6H3/p+1. The summed E-state index contributed by atoms with van der Waals surface area (Å²) in [5.41, 5.74) is 1.37. The van der Waals surface area contributed by atoms with Crippen LogP contribution in [0.4, 0.5) is 0 Å². The smallest absolute Gasteiger partial charge is 0.163 e. The molecule has 114 valence electrons. The fourth-order valence-electron chi connectivity index (χ4n) is 3.09. The van der Waals surface area contributed by atoms with Crippen LogP contribution in [-0.4, -0.2) is 15.6 Å². The molecule has 0 saturated heterocycles. The number of phenolic OH excluding ortho intramolecular Hbond substituents is 1. The fraction of sp³-hybridized carbons (Fsp3) is 0.474. The summed E-state index contributed by atoms with van der Waals surface area (Å²) in [6.45, 7) is 13.7. The van der Waals surface area contributed by atoms with Gasteiger partial charge >= 0.3 is 0 Å². The van der Waals surface area contributed by atoms with Gasteiger partial charge < -0.3 is 5.11 Å². The SMILES string of the molecule is CC(C)c1ccc([S+](C(C)C)C(C)C)c2cc(O)ccc12. The molecule has 0 atom stereocenters. The van der Waals surface area contributed by atoms with Gasteiger partial charge in [0.2, 0.25) is 0 Å². The predicted octanol–water partition coefficient (Wildman–Crippen LogP) is 5.46. The maximum atomic E-state index is 9.95. The largest absolute Gasteiger partial charge is 0.508 e. The van der Waals surface area contributed by atoms with Crippen LogP contribution in [0, 0.1) is 0 Å². The van der Waals surface area contributed by atoms with Gasteiger partial charge in [-0.15, -0.1) is 0 Å². The molecule has 0 aromatic heterocycles. The first-order valence-corrected chi connectivity index (χ1v) is 9.15. The molecule has 0 radical (unpaired) electrons. The Hall–Kier alpha value is -1.15. The molecule has 0 amide bonds. The molecule has 0 aliphatic carbocycles. The zero-order chi connectivity index (χ0) is 15.7. The summed E-state index contributed by atoms with van der Waals surface area (Å²) in [5, 5.41) is 13.7. The first-order valence-electron chi connectivity index (χ1n) is 7.80. The number of phenols is 1. The third kappa shape index (κ3) is 3.21. The van der Waals surface area contributed by atoms with Crippen LogP contribution in [0.25, 0.3) is 10.8 Å². The molecule has 0 spiro atoms. The van der Waals surface area contributed by atoms with E-state index in [1.807, 2.05) is 6.07 Å². The number of rotatable bonds is 4. The quantitative estimate of drug-likeness (QED) is 0.743. The van der Waals surface area contributed by atoms with E-state index in [9.17, 15) is 5.11 Å². The van der Waals surface area contributed by atoms with Crippen molar-refractivity contribution in [1.82, 2.24) is 0 Å². The van der Waals surface area contributed by atoms with E-state index in [0.717, 1.165) is 0 Å². The Bertz CT molecular complexity index is 621. The lowest BCUT2D eigenvalue weighted by Crippen LogP contribution is -2.24. The van der Waals surface area contributed by atoms with Gasteiger partial charge in [-0.3, -0.25) is 0 Å². The normalized spacial score (nSPS) is 12.3. The number of aromatic hydroxyl groups is 1. The minimum atomic E-state index is 0.193. The van der Waals surface area contributed by atoms with Crippen molar-refractivity contribution in [2.24, 2.45) is 0 Å². The maximum Gasteiger partial charge on any atom is 0.163 e. The van der Waals surface area contributed by atoms with Crippen LogP contribution in [0.3, 0.4) is 0 Å². The molecule has 0 heterocycles. The third-order valence-corrected chi connectivity index (χ3v) is 6.78. The lowest BCUT2D eigenvalue weighted by molar-refractivity contribution is 0.476. The van der Waals surface area contributed by atoms with Gasteiger partial charge in [0.25, 0.3) is 0 Å². The molecular weight excluding hydrogens is 276 g/mol. The Morgan fingerprint density at radius 2 is 1.43 bits per heavy atom. The minimum absolute atomic E-state index is 0.193. The van der Waals surface area contributed by atoms with E-state index >= 15 is 0 Å². The van der Waals surface area contributed by atoms with E-state index in [4.69, 9.17) is 0 Å². The Kier molecular flexibility index (Phi) is 4.88. The Balaban J connectivity index is 2.76. The molecule has 2 aromatic carbocycles. The topological polar surface area (TPSA) is 20.2 Å². The maximum absolute atomic E-state index is 9.95. The van der Waals surface area contributed by atoms with Crippen molar-refractivity contribution in [2.75, 3.05) is 0 Å². The van der Waals surface area contributed by atoms with Gasteiger partial charge in [0, 0.05) is 16.3 Å². The molecule has 0 saturated carbocycles. The highest BCUT2D eigenvalue weighted by Crippen LogP contribution is 2.36. The van der Waals surface area contributed by atoms with Crippen molar-refractivity contribution in [3.8, 4) is 5.75 Å². The van der Waals surface area contributed by atoms with Crippen molar-refractivity contribution < 1.29 is 5.11 Å². The van der Waals surface area contributed by atoms with E-state index in [2.05, 4.69) is 59.7 Å². The molecule has 1 nitrogen and oxygen atoms in total. The number of fused-ring (bicyclic) bond motifs is 1. The van der Waals surface area contributed by atoms with E-state index in [1.54, 1.807) is 6.07 Å². The highest BCUT2D eigenvalue weighted by Gasteiger charge is 2.32. The van der Waals surface area contributed by atoms with E-state index in [0.29, 0.717) is 22.2 Å². The van der Waals surface area contributed by atoms with Crippen LogP contribution in [0.2, 0.25) is 0 Å². The van der Waals surface area contributed by atoms with Gasteiger partial charge in [-0.2, -0.15) is 0 Å². The Morgan fingerprint density at radius 3 is 1.95 bits per heavy atom. The second-order valence-corrected chi connectivity index (χ2v) is 9.58. The lowest BCUT2D eigenvalue weighted by Gasteiger charge is -2.19. The Morgan fingerprint density at radius 1 is 0.810 bits per heavy atom. The molecule has 0 unspecified atom stereocenters. The van der Waals surface area contributed by atoms with Gasteiger partial charge in [-0.05, 0) is 62.8 Å². The van der Waals surface area contributed by atoms with Gasteiger partial charge in [0.15, 0.2) is 4.90 Å². The van der Waals surface area contributed by atoms with Gasteiger partial charge in [-0.1, -0.05) is 26.0 Å². The monoisotopic (exact) mass is 303 g/mol. The van der Waals surface area contributed by atoms with Gasteiger partial charge in [-0.25, -0.2) is 0 Å². The highest BCUT2D eigenvalue weighted by atomic mass is 32.2. The van der Waals surface area contributed by atoms with Crippen molar-refractivity contribution in [2.45, 2.75) is 62.9 Å². The molecule has 1 N–H and O–H groups in total. The van der Waals surface area contributed by atoms with Crippen LogP contribution < -0.4 is 0 Å². The third-order valence-electron chi connectivity index (χ3n) is 3.89. The predicted molar refractivity (Wildman–Crippen MR) is 95.6 cm³/mol. The van der Waals surface area contributed by atoms with Crippen LogP contribution in [0.1, 0.15) is 53.0 Å². The summed E-state index contributed by atoms with van der Waals surface area (Å²) in [7, 11) is 0.193. The number of benzene rings is 2. The van der Waals surface area contributed by atoms with E-state index < -0.39 is 0 Å². The Labute approximate surface area is 131 Å². The van der Waals surface area contributed by atoms with Crippen LogP contribution in [-0.2, 0) is 10.9 Å². The zero-order valence-electron chi connectivity index (χ0n) is 14.0. The molecule has 0 bridgehead atoms. The van der Waals surface area contributed by atoms with Gasteiger partial charge in [0.1, 0.15) is 16.2 Å². The van der Waals surface area contributed by atoms with Crippen LogP contribution >= 0.6 is 0 Å². The molecular formula is C19H27OS+. The second-order valence-electron chi connectivity index (χ2n) is 6.51. The first-order chi connectivity index (χ1) is 9.82. The van der Waals surface area contributed by atoms with Crippen molar-refractivity contribution in [1.29, 1.82) is 0 Å². The number of hydrogen-bond acceptors (Lipinski definition) is 1. The first kappa shape index (κ1) is 16.2. The molecule has 2 aromatic rings. The summed E-state index contributed by atoms with van der Waals surface area (Å²) in [4.78, 5) is 1.40. The molecule has 2 heteroatoms. The highest BCUT2D eigenvalue weighted by molar-refractivity contribution is 7.98. The fourth-order valence-corrected chi connectivity index (χ4v) is 5.85. The average Bonchev–Trinajstić information content (AvgIpc) is 2.37. The second kappa shape index (κ2) is 6.31. The van der Waals surface area contributed by atoms with Gasteiger partial charge in [0.05, 0.1) is 0 Å². The van der Waals surface area contributed by atoms with Crippen molar-refractivity contribution in [3.05, 3.63) is 35.9 Å². The summed E-state index contributed by atoms with van der Waals surface area (Å²) in [5.74, 6) is 0.853. The molecule has 0 aliphatic rings. The summed E-state index contributed by atoms with van der Waals surface area (Å²) in [6, 6.07) is 10.4. The van der Waals surface area contributed by atoms with E-state index in [-0.39, 0.29) is 10.9 Å². The summed E-state index contributed by atoms with van der Waals surface area (Å²) in [6.07, 6.45) is 0. The van der Waals surface area contributed by atoms with Crippen molar-refractivity contribution in [3.63, 3.8) is 0 Å². The molecule has 0 aliphatic heterocycles.